The van der Waals surface area contributed by atoms with Crippen molar-refractivity contribution >= 4 is 29.3 Å². The van der Waals surface area contributed by atoms with Crippen LogP contribution >= 0.6 is 11.6 Å². The van der Waals surface area contributed by atoms with Crippen LogP contribution in [0.5, 0.6) is 0 Å². The second kappa shape index (κ2) is 5.32. The van der Waals surface area contributed by atoms with Crippen LogP contribution in [0.3, 0.4) is 0 Å². The van der Waals surface area contributed by atoms with Gasteiger partial charge in [-0.2, -0.15) is 0 Å². The highest BCUT2D eigenvalue weighted by Crippen LogP contribution is 2.23. The molecule has 0 radical (unpaired) electrons. The van der Waals surface area contributed by atoms with Gasteiger partial charge in [0.15, 0.2) is 11.9 Å². The molecule has 96 valence electrons. The summed E-state index contributed by atoms with van der Waals surface area (Å²) >= 11 is 5.84. The number of aromatic nitrogens is 1. The lowest BCUT2D eigenvalue weighted by atomic mass is 10.2. The lowest BCUT2D eigenvalue weighted by molar-refractivity contribution is -0.150. The molecule has 0 bridgehead atoms. The molecule has 1 aromatic heterocycles. The van der Waals surface area contributed by atoms with Crippen LogP contribution in [0.15, 0.2) is 18.3 Å². The Morgan fingerprint density at radius 1 is 1.44 bits per heavy atom. The molecule has 2 rings (SSSR count). The summed E-state index contributed by atoms with van der Waals surface area (Å²) in [5, 5.41) is 11.6. The number of hydrogen-bond acceptors (Lipinski definition) is 4. The van der Waals surface area contributed by atoms with E-state index in [1.54, 1.807) is 12.1 Å². The van der Waals surface area contributed by atoms with Gasteiger partial charge in [-0.1, -0.05) is 11.6 Å². The maximum Gasteiger partial charge on any atom is 0.332 e. The standard InChI is InChI=1S/C11H11ClN2O4/c12-6-2-1-5-13-9(6)14-10(15)7-3-4-8(18-7)11(16)17/h1-2,5,7-8H,3-4H2,(H,16,17)(H,13,14,15). The average Bonchev–Trinajstić information content (AvgIpc) is 2.81. The molecular formula is C11H11ClN2O4. The van der Waals surface area contributed by atoms with Crippen LogP contribution in [0.4, 0.5) is 5.82 Å². The SMILES string of the molecule is O=C(O)C1CCC(C(=O)Nc2ncccc2Cl)O1. The van der Waals surface area contributed by atoms with E-state index in [1.165, 1.54) is 6.20 Å². The molecule has 1 aliphatic rings. The Hall–Kier alpha value is -1.66. The zero-order valence-electron chi connectivity index (χ0n) is 9.30. The third-order valence-corrected chi connectivity index (χ3v) is 2.89. The van der Waals surface area contributed by atoms with Crippen LogP contribution in [0.2, 0.25) is 5.02 Å². The molecule has 7 heteroatoms. The fourth-order valence-corrected chi connectivity index (χ4v) is 1.86. The molecule has 1 amide bonds. The molecule has 0 aromatic carbocycles. The molecule has 2 unspecified atom stereocenters. The monoisotopic (exact) mass is 270 g/mol. The van der Waals surface area contributed by atoms with Crippen molar-refractivity contribution < 1.29 is 19.4 Å². The van der Waals surface area contributed by atoms with Gasteiger partial charge in [-0.3, -0.25) is 4.79 Å². The number of nitrogens with one attached hydrogen (secondary N) is 1. The number of aliphatic carboxylic acids is 1. The lowest BCUT2D eigenvalue weighted by Gasteiger charge is -2.11. The van der Waals surface area contributed by atoms with E-state index in [0.717, 1.165) is 0 Å². The number of carbonyl (C=O) groups is 2. The van der Waals surface area contributed by atoms with E-state index in [2.05, 4.69) is 10.3 Å². The van der Waals surface area contributed by atoms with Crippen LogP contribution in [0.1, 0.15) is 12.8 Å². The molecule has 1 aromatic rings. The van der Waals surface area contributed by atoms with E-state index < -0.39 is 24.1 Å². The fraction of sp³-hybridized carbons (Fsp3) is 0.364. The van der Waals surface area contributed by atoms with Crippen molar-refractivity contribution in [2.75, 3.05) is 5.32 Å². The Balaban J connectivity index is 1.98. The molecule has 6 nitrogen and oxygen atoms in total. The minimum Gasteiger partial charge on any atom is -0.479 e. The number of nitrogens with zero attached hydrogens (tertiary/aromatic N) is 1. The summed E-state index contributed by atoms with van der Waals surface area (Å²) in [5.74, 6) is -1.24. The largest absolute Gasteiger partial charge is 0.479 e. The molecule has 2 heterocycles. The molecule has 1 aliphatic heterocycles. The minimum absolute atomic E-state index is 0.242. The van der Waals surface area contributed by atoms with Crippen LogP contribution < -0.4 is 5.32 Å². The van der Waals surface area contributed by atoms with Gasteiger partial charge in [-0.15, -0.1) is 0 Å². The summed E-state index contributed by atoms with van der Waals surface area (Å²) in [6.07, 6.45) is 0.498. The molecule has 1 saturated heterocycles. The number of pyridine rings is 1. The van der Waals surface area contributed by atoms with Crippen molar-refractivity contribution in [3.05, 3.63) is 23.4 Å². The van der Waals surface area contributed by atoms with Crippen molar-refractivity contribution in [3.63, 3.8) is 0 Å². The maximum atomic E-state index is 11.8. The van der Waals surface area contributed by atoms with E-state index in [0.29, 0.717) is 17.9 Å². The highest BCUT2D eigenvalue weighted by Gasteiger charge is 2.34. The molecule has 0 spiro atoms. The number of ether oxygens (including phenoxy) is 1. The van der Waals surface area contributed by atoms with Gasteiger partial charge < -0.3 is 15.2 Å². The number of rotatable bonds is 3. The number of carbonyl (C=O) groups excluding carboxylic acids is 1. The third-order valence-electron chi connectivity index (χ3n) is 2.59. The lowest BCUT2D eigenvalue weighted by Crippen LogP contribution is -2.30. The summed E-state index contributed by atoms with van der Waals surface area (Å²) < 4.78 is 5.11. The normalized spacial score (nSPS) is 22.7. The molecule has 2 atom stereocenters. The van der Waals surface area contributed by atoms with Crippen molar-refractivity contribution in [3.8, 4) is 0 Å². The Kier molecular flexibility index (Phi) is 3.78. The number of anilines is 1. The Bertz CT molecular complexity index is 480. The zero-order chi connectivity index (χ0) is 13.1. The maximum absolute atomic E-state index is 11.8. The van der Waals surface area contributed by atoms with Crippen LogP contribution in [-0.4, -0.2) is 34.2 Å². The summed E-state index contributed by atoms with van der Waals surface area (Å²) in [4.78, 5) is 26.4. The first-order valence-corrected chi connectivity index (χ1v) is 5.75. The van der Waals surface area contributed by atoms with E-state index in [4.69, 9.17) is 21.4 Å². The molecule has 18 heavy (non-hydrogen) atoms. The fourth-order valence-electron chi connectivity index (χ4n) is 1.69. The first kappa shape index (κ1) is 12.8. The van der Waals surface area contributed by atoms with Crippen LogP contribution in [0.25, 0.3) is 0 Å². The van der Waals surface area contributed by atoms with E-state index in [9.17, 15) is 9.59 Å². The highest BCUT2D eigenvalue weighted by atomic mass is 35.5. The number of carboxylic acid groups (broad SMARTS) is 1. The van der Waals surface area contributed by atoms with Crippen molar-refractivity contribution in [2.24, 2.45) is 0 Å². The van der Waals surface area contributed by atoms with Gasteiger partial charge in [0, 0.05) is 6.20 Å². The molecular weight excluding hydrogens is 260 g/mol. The quantitative estimate of drug-likeness (QED) is 0.864. The number of hydrogen-bond donors (Lipinski definition) is 2. The van der Waals surface area contributed by atoms with Gasteiger partial charge in [-0.25, -0.2) is 9.78 Å². The first-order valence-electron chi connectivity index (χ1n) is 5.37. The van der Waals surface area contributed by atoms with Gasteiger partial charge in [-0.05, 0) is 25.0 Å². The zero-order valence-corrected chi connectivity index (χ0v) is 10.1. The van der Waals surface area contributed by atoms with Crippen molar-refractivity contribution in [2.45, 2.75) is 25.0 Å². The summed E-state index contributed by atoms with van der Waals surface area (Å²) in [6.45, 7) is 0. The van der Waals surface area contributed by atoms with E-state index in [-0.39, 0.29) is 5.82 Å². The molecule has 2 N–H and O–H groups in total. The van der Waals surface area contributed by atoms with Gasteiger partial charge in [0.25, 0.3) is 5.91 Å². The third kappa shape index (κ3) is 2.77. The Labute approximate surface area is 108 Å². The second-order valence-electron chi connectivity index (χ2n) is 3.85. The first-order chi connectivity index (χ1) is 8.58. The predicted molar refractivity (Wildman–Crippen MR) is 63.4 cm³/mol. The van der Waals surface area contributed by atoms with Gasteiger partial charge >= 0.3 is 5.97 Å². The molecule has 0 saturated carbocycles. The highest BCUT2D eigenvalue weighted by molar-refractivity contribution is 6.33. The van der Waals surface area contributed by atoms with E-state index >= 15 is 0 Å². The summed E-state index contributed by atoms with van der Waals surface area (Å²) in [6, 6.07) is 3.24. The number of amides is 1. The summed E-state index contributed by atoms with van der Waals surface area (Å²) in [5.41, 5.74) is 0. The predicted octanol–water partition coefficient (Wildman–Crippen LogP) is 1.31. The minimum atomic E-state index is -1.05. The second-order valence-corrected chi connectivity index (χ2v) is 4.26. The number of halogens is 1. The molecule has 1 fully saturated rings. The van der Waals surface area contributed by atoms with Crippen LogP contribution in [-0.2, 0) is 14.3 Å². The smallest absolute Gasteiger partial charge is 0.332 e. The molecule has 0 aliphatic carbocycles. The van der Waals surface area contributed by atoms with Crippen molar-refractivity contribution in [1.29, 1.82) is 0 Å². The average molecular weight is 271 g/mol. The number of carboxylic acids is 1. The topological polar surface area (TPSA) is 88.5 Å². The van der Waals surface area contributed by atoms with Gasteiger partial charge in [0.05, 0.1) is 5.02 Å². The van der Waals surface area contributed by atoms with Crippen molar-refractivity contribution in [1.82, 2.24) is 4.98 Å². The summed E-state index contributed by atoms with van der Waals surface area (Å²) in [7, 11) is 0. The van der Waals surface area contributed by atoms with Gasteiger partial charge in [0.2, 0.25) is 0 Å². The van der Waals surface area contributed by atoms with E-state index in [1.807, 2.05) is 0 Å². The Morgan fingerprint density at radius 2 is 2.17 bits per heavy atom. The van der Waals surface area contributed by atoms with Gasteiger partial charge in [0.1, 0.15) is 6.10 Å². The van der Waals surface area contributed by atoms with Crippen LogP contribution in [0, 0.1) is 0 Å². The Morgan fingerprint density at radius 3 is 2.78 bits per heavy atom.